The fraction of sp³-hybridized carbons (Fsp3) is 0.688. The van der Waals surface area contributed by atoms with E-state index in [0.29, 0.717) is 19.4 Å². The number of carbonyl (C=O) groups excluding carboxylic acids is 2. The first-order valence-corrected chi connectivity index (χ1v) is 7.96. The highest BCUT2D eigenvalue weighted by molar-refractivity contribution is 5.78. The van der Waals surface area contributed by atoms with Gasteiger partial charge in [0.1, 0.15) is 0 Å². The molecule has 0 saturated carbocycles. The van der Waals surface area contributed by atoms with Crippen molar-refractivity contribution in [3.63, 3.8) is 0 Å². The lowest BCUT2D eigenvalue weighted by Gasteiger charge is -2.26. The van der Waals surface area contributed by atoms with Gasteiger partial charge >= 0.3 is 0 Å². The van der Waals surface area contributed by atoms with E-state index in [1.807, 2.05) is 32.7 Å². The van der Waals surface area contributed by atoms with Gasteiger partial charge in [-0.3, -0.25) is 14.7 Å². The van der Waals surface area contributed by atoms with Gasteiger partial charge in [-0.05, 0) is 33.6 Å². The van der Waals surface area contributed by atoms with Crippen molar-refractivity contribution in [3.8, 4) is 0 Å². The molecule has 0 aliphatic carbocycles. The summed E-state index contributed by atoms with van der Waals surface area (Å²) in [5.41, 5.74) is 3.03. The fourth-order valence-corrected chi connectivity index (χ4v) is 3.12. The molecule has 1 atom stereocenters. The predicted molar refractivity (Wildman–Crippen MR) is 84.3 cm³/mol. The molecule has 0 aromatic carbocycles. The van der Waals surface area contributed by atoms with Crippen molar-refractivity contribution in [2.24, 2.45) is 0 Å². The van der Waals surface area contributed by atoms with Crippen LogP contribution in [0.15, 0.2) is 0 Å². The van der Waals surface area contributed by atoms with E-state index in [2.05, 4.69) is 10.2 Å². The first-order chi connectivity index (χ1) is 10.4. The molecule has 1 saturated heterocycles. The van der Waals surface area contributed by atoms with E-state index in [-0.39, 0.29) is 17.9 Å². The average Bonchev–Trinajstić information content (AvgIpc) is 3.03. The SMILES string of the molecule is Cc1n[nH]c(C)c1[C@@H](C)N(C)C(=O)CCCN1CCCC1=O. The number of hydrogen-bond donors (Lipinski definition) is 1. The van der Waals surface area contributed by atoms with Gasteiger partial charge in [0.05, 0.1) is 11.7 Å². The number of rotatable bonds is 6. The molecule has 6 nitrogen and oxygen atoms in total. The molecule has 1 aliphatic heterocycles. The largest absolute Gasteiger partial charge is 0.343 e. The molecule has 1 fully saturated rings. The lowest BCUT2D eigenvalue weighted by Crippen LogP contribution is -2.31. The summed E-state index contributed by atoms with van der Waals surface area (Å²) in [5, 5.41) is 7.16. The van der Waals surface area contributed by atoms with Gasteiger partial charge in [0.2, 0.25) is 11.8 Å². The molecular weight excluding hydrogens is 280 g/mol. The van der Waals surface area contributed by atoms with Gasteiger partial charge in [-0.15, -0.1) is 0 Å². The van der Waals surface area contributed by atoms with Crippen molar-refractivity contribution < 1.29 is 9.59 Å². The molecule has 1 aromatic rings. The Morgan fingerprint density at radius 3 is 2.73 bits per heavy atom. The molecule has 1 aliphatic rings. The van der Waals surface area contributed by atoms with E-state index >= 15 is 0 Å². The maximum Gasteiger partial charge on any atom is 0.222 e. The van der Waals surface area contributed by atoms with Crippen LogP contribution in [0.2, 0.25) is 0 Å². The van der Waals surface area contributed by atoms with Crippen LogP contribution in [0.5, 0.6) is 0 Å². The van der Waals surface area contributed by atoms with Gasteiger partial charge in [-0.25, -0.2) is 0 Å². The number of likely N-dealkylation sites (tertiary alicyclic amines) is 1. The summed E-state index contributed by atoms with van der Waals surface area (Å²) in [4.78, 5) is 27.5. The van der Waals surface area contributed by atoms with Crippen LogP contribution in [0.3, 0.4) is 0 Å². The summed E-state index contributed by atoms with van der Waals surface area (Å²) in [7, 11) is 1.83. The molecule has 1 N–H and O–H groups in total. The van der Waals surface area contributed by atoms with E-state index < -0.39 is 0 Å². The molecule has 0 radical (unpaired) electrons. The first kappa shape index (κ1) is 16.5. The van der Waals surface area contributed by atoms with E-state index in [9.17, 15) is 9.59 Å². The van der Waals surface area contributed by atoms with Crippen molar-refractivity contribution in [1.82, 2.24) is 20.0 Å². The molecule has 22 heavy (non-hydrogen) atoms. The van der Waals surface area contributed by atoms with Crippen LogP contribution in [0.4, 0.5) is 0 Å². The van der Waals surface area contributed by atoms with Gasteiger partial charge in [0, 0.05) is 44.2 Å². The van der Waals surface area contributed by atoms with Crippen LogP contribution in [0.1, 0.15) is 55.6 Å². The smallest absolute Gasteiger partial charge is 0.222 e. The van der Waals surface area contributed by atoms with Crippen molar-refractivity contribution in [1.29, 1.82) is 0 Å². The molecule has 0 unspecified atom stereocenters. The highest BCUT2D eigenvalue weighted by Gasteiger charge is 2.23. The summed E-state index contributed by atoms with van der Waals surface area (Å²) in [6.07, 6.45) is 2.80. The summed E-state index contributed by atoms with van der Waals surface area (Å²) in [5.74, 6) is 0.331. The highest BCUT2D eigenvalue weighted by atomic mass is 16.2. The Hall–Kier alpha value is -1.85. The molecule has 0 bridgehead atoms. The Labute approximate surface area is 131 Å². The van der Waals surface area contributed by atoms with E-state index in [1.165, 1.54) is 0 Å². The second-order valence-corrected chi connectivity index (χ2v) is 6.12. The minimum Gasteiger partial charge on any atom is -0.343 e. The third kappa shape index (κ3) is 3.48. The lowest BCUT2D eigenvalue weighted by atomic mass is 10.0. The molecule has 2 rings (SSSR count). The summed E-state index contributed by atoms with van der Waals surface area (Å²) in [6.45, 7) is 7.48. The maximum absolute atomic E-state index is 12.3. The maximum atomic E-state index is 12.3. The standard InChI is InChI=1S/C16H26N4O2/c1-11-16(12(2)18-17-11)13(3)19(4)14(21)7-5-9-20-10-6-8-15(20)22/h13H,5-10H2,1-4H3,(H,17,18)/t13-/m1/s1. The molecule has 6 heteroatoms. The van der Waals surface area contributed by atoms with Crippen molar-refractivity contribution in [3.05, 3.63) is 17.0 Å². The van der Waals surface area contributed by atoms with Gasteiger partial charge < -0.3 is 9.80 Å². The van der Waals surface area contributed by atoms with Gasteiger partial charge in [-0.1, -0.05) is 0 Å². The summed E-state index contributed by atoms with van der Waals surface area (Å²) in [6, 6.07) is -0.000307. The fourth-order valence-electron chi connectivity index (χ4n) is 3.12. The number of H-pyrrole nitrogens is 1. The zero-order valence-corrected chi connectivity index (χ0v) is 14.0. The second kappa shape index (κ2) is 6.94. The minimum atomic E-state index is -0.000307. The Morgan fingerprint density at radius 1 is 1.45 bits per heavy atom. The second-order valence-electron chi connectivity index (χ2n) is 6.12. The molecule has 0 spiro atoms. The predicted octanol–water partition coefficient (Wildman–Crippen LogP) is 1.95. The number of amides is 2. The Bertz CT molecular complexity index is 533. The third-order valence-corrected chi connectivity index (χ3v) is 4.57. The number of carbonyl (C=O) groups is 2. The zero-order chi connectivity index (χ0) is 16.3. The van der Waals surface area contributed by atoms with Crippen LogP contribution in [-0.4, -0.2) is 51.9 Å². The molecular formula is C16H26N4O2. The number of hydrogen-bond acceptors (Lipinski definition) is 3. The quantitative estimate of drug-likeness (QED) is 0.873. The Balaban J connectivity index is 1.85. The molecule has 1 aromatic heterocycles. The highest BCUT2D eigenvalue weighted by Crippen LogP contribution is 2.24. The van der Waals surface area contributed by atoms with Crippen LogP contribution >= 0.6 is 0 Å². The van der Waals surface area contributed by atoms with Crippen LogP contribution in [0, 0.1) is 13.8 Å². The van der Waals surface area contributed by atoms with Crippen molar-refractivity contribution in [2.45, 2.75) is 52.5 Å². The van der Waals surface area contributed by atoms with Gasteiger partial charge in [-0.2, -0.15) is 5.10 Å². The van der Waals surface area contributed by atoms with Gasteiger partial charge in [0.15, 0.2) is 0 Å². The first-order valence-electron chi connectivity index (χ1n) is 7.96. The van der Waals surface area contributed by atoms with Crippen molar-refractivity contribution in [2.75, 3.05) is 20.1 Å². The van der Waals surface area contributed by atoms with E-state index in [4.69, 9.17) is 0 Å². The van der Waals surface area contributed by atoms with Crippen LogP contribution < -0.4 is 0 Å². The number of aryl methyl sites for hydroxylation is 2. The van der Waals surface area contributed by atoms with E-state index in [0.717, 1.165) is 36.3 Å². The molecule has 2 heterocycles. The molecule has 122 valence electrons. The Morgan fingerprint density at radius 2 is 2.18 bits per heavy atom. The topological polar surface area (TPSA) is 69.3 Å². The molecule has 2 amide bonds. The third-order valence-electron chi connectivity index (χ3n) is 4.57. The summed E-state index contributed by atoms with van der Waals surface area (Å²) < 4.78 is 0. The van der Waals surface area contributed by atoms with Crippen LogP contribution in [0.25, 0.3) is 0 Å². The number of nitrogens with one attached hydrogen (secondary N) is 1. The minimum absolute atomic E-state index is 0.000307. The number of aromatic nitrogens is 2. The average molecular weight is 306 g/mol. The van der Waals surface area contributed by atoms with Crippen LogP contribution in [-0.2, 0) is 9.59 Å². The monoisotopic (exact) mass is 306 g/mol. The number of aromatic amines is 1. The lowest BCUT2D eigenvalue weighted by molar-refractivity contribution is -0.133. The summed E-state index contributed by atoms with van der Waals surface area (Å²) >= 11 is 0. The van der Waals surface area contributed by atoms with E-state index in [1.54, 1.807) is 4.90 Å². The van der Waals surface area contributed by atoms with Gasteiger partial charge in [0.25, 0.3) is 0 Å². The zero-order valence-electron chi connectivity index (χ0n) is 14.0. The van der Waals surface area contributed by atoms with Crippen molar-refractivity contribution >= 4 is 11.8 Å². The Kier molecular flexibility index (Phi) is 5.21. The number of nitrogens with zero attached hydrogens (tertiary/aromatic N) is 3. The normalized spacial score (nSPS) is 16.2.